The van der Waals surface area contributed by atoms with Gasteiger partial charge in [0.05, 0.1) is 0 Å². The number of nitrogens with one attached hydrogen (secondary N) is 1. The highest BCUT2D eigenvalue weighted by Gasteiger charge is 2.45. The van der Waals surface area contributed by atoms with Crippen molar-refractivity contribution in [3.63, 3.8) is 0 Å². The van der Waals surface area contributed by atoms with E-state index in [4.69, 9.17) is 4.52 Å². The number of aryl methyl sites for hydroxylation is 2. The molecule has 0 unspecified atom stereocenters. The number of nitrogens with zero attached hydrogens (tertiary/aromatic N) is 2. The number of carboxylic acid groups (broad SMARTS) is 1. The quantitative estimate of drug-likeness (QED) is 0.830. The van der Waals surface area contributed by atoms with Crippen LogP contribution in [-0.2, 0) is 16.0 Å². The van der Waals surface area contributed by atoms with Gasteiger partial charge in [0.15, 0.2) is 0 Å². The lowest BCUT2D eigenvalue weighted by Gasteiger charge is -2.38. The molecule has 0 saturated heterocycles. The Morgan fingerprint density at radius 2 is 2.16 bits per heavy atom. The van der Waals surface area contributed by atoms with Crippen molar-refractivity contribution in [1.82, 2.24) is 15.5 Å². The summed E-state index contributed by atoms with van der Waals surface area (Å²) in [4.78, 5) is 27.4. The molecule has 1 amide bonds. The first kappa shape index (κ1) is 17.1. The zero-order chi connectivity index (χ0) is 18.0. The molecule has 132 valence electrons. The lowest BCUT2D eigenvalue weighted by atomic mass is 9.76. The van der Waals surface area contributed by atoms with Gasteiger partial charge in [-0.3, -0.25) is 4.79 Å². The molecule has 0 spiro atoms. The number of rotatable bonds is 6. The Kier molecular flexibility index (Phi) is 4.52. The summed E-state index contributed by atoms with van der Waals surface area (Å²) >= 11 is 0. The molecule has 2 aromatic rings. The van der Waals surface area contributed by atoms with Gasteiger partial charge in [-0.05, 0) is 49.9 Å². The number of hydrogen-bond acceptors (Lipinski definition) is 5. The molecule has 0 aliphatic heterocycles. The van der Waals surface area contributed by atoms with Crippen LogP contribution in [0.4, 0.5) is 4.39 Å². The van der Waals surface area contributed by atoms with Gasteiger partial charge in [-0.2, -0.15) is 4.98 Å². The van der Waals surface area contributed by atoms with E-state index in [9.17, 15) is 19.1 Å². The average molecular weight is 347 g/mol. The van der Waals surface area contributed by atoms with Gasteiger partial charge in [-0.25, -0.2) is 9.18 Å². The Bertz CT molecular complexity index is 814. The minimum atomic E-state index is -1.12. The largest absolute Gasteiger partial charge is 0.480 e. The zero-order valence-electron chi connectivity index (χ0n) is 13.7. The second-order valence-corrected chi connectivity index (χ2v) is 6.26. The first-order valence-corrected chi connectivity index (χ1v) is 8.03. The maximum atomic E-state index is 13.3. The topological polar surface area (TPSA) is 105 Å². The summed E-state index contributed by atoms with van der Waals surface area (Å²) in [5.41, 5.74) is -0.0248. The minimum Gasteiger partial charge on any atom is -0.480 e. The van der Waals surface area contributed by atoms with Gasteiger partial charge in [-0.1, -0.05) is 5.16 Å². The van der Waals surface area contributed by atoms with Gasteiger partial charge >= 0.3 is 5.97 Å². The van der Waals surface area contributed by atoms with Crippen LogP contribution >= 0.6 is 0 Å². The molecule has 7 nitrogen and oxygen atoms in total. The second-order valence-electron chi connectivity index (χ2n) is 6.26. The van der Waals surface area contributed by atoms with Crippen LogP contribution in [0.5, 0.6) is 0 Å². The third-order valence-corrected chi connectivity index (χ3v) is 4.45. The molecular weight excluding hydrogens is 329 g/mol. The average Bonchev–Trinajstić information content (AvgIpc) is 3.00. The second kappa shape index (κ2) is 6.62. The van der Waals surface area contributed by atoms with Crippen molar-refractivity contribution in [2.45, 2.75) is 44.6 Å². The molecule has 1 aromatic heterocycles. The highest BCUT2D eigenvalue weighted by atomic mass is 19.1. The Labute approximate surface area is 143 Å². The number of hydrogen-bond donors (Lipinski definition) is 2. The molecule has 1 heterocycles. The molecule has 1 aliphatic carbocycles. The third-order valence-electron chi connectivity index (χ3n) is 4.45. The molecule has 0 bridgehead atoms. The van der Waals surface area contributed by atoms with E-state index in [-0.39, 0.29) is 30.5 Å². The van der Waals surface area contributed by atoms with Crippen LogP contribution in [0, 0.1) is 12.7 Å². The number of amides is 1. The zero-order valence-corrected chi connectivity index (χ0v) is 13.7. The van der Waals surface area contributed by atoms with E-state index in [2.05, 4.69) is 15.5 Å². The predicted molar refractivity (Wildman–Crippen MR) is 85.1 cm³/mol. The Balaban J connectivity index is 1.59. The van der Waals surface area contributed by atoms with Crippen molar-refractivity contribution < 1.29 is 23.6 Å². The molecule has 8 heteroatoms. The monoisotopic (exact) mass is 347 g/mol. The van der Waals surface area contributed by atoms with Crippen LogP contribution in [0.2, 0.25) is 0 Å². The van der Waals surface area contributed by atoms with Crippen LogP contribution in [0.15, 0.2) is 22.7 Å². The summed E-state index contributed by atoms with van der Waals surface area (Å²) in [5.74, 6) is -1.09. The smallest absolute Gasteiger partial charge is 0.329 e. The van der Waals surface area contributed by atoms with E-state index in [1.165, 1.54) is 6.07 Å². The summed E-state index contributed by atoms with van der Waals surface area (Å²) in [7, 11) is 0. The maximum absolute atomic E-state index is 13.3. The number of halogens is 1. The first-order valence-electron chi connectivity index (χ1n) is 8.03. The van der Waals surface area contributed by atoms with E-state index in [0.717, 1.165) is 6.42 Å². The molecule has 0 radical (unpaired) electrons. The number of benzene rings is 1. The summed E-state index contributed by atoms with van der Waals surface area (Å²) < 4.78 is 18.4. The van der Waals surface area contributed by atoms with E-state index >= 15 is 0 Å². The summed E-state index contributed by atoms with van der Waals surface area (Å²) in [6.45, 7) is 1.64. The molecular formula is C17H18FN3O4. The fourth-order valence-corrected chi connectivity index (χ4v) is 2.73. The SMILES string of the molecule is Cc1cc(-c2noc(CCC(=O)NC3(C(=O)O)CCC3)n2)ccc1F. The Morgan fingerprint density at radius 1 is 1.40 bits per heavy atom. The van der Waals surface area contributed by atoms with Crippen LogP contribution in [0.3, 0.4) is 0 Å². The van der Waals surface area contributed by atoms with Crippen molar-refractivity contribution in [1.29, 1.82) is 0 Å². The highest BCUT2D eigenvalue weighted by Crippen LogP contribution is 2.32. The van der Waals surface area contributed by atoms with E-state index in [1.807, 2.05) is 0 Å². The minimum absolute atomic E-state index is 0.0547. The third kappa shape index (κ3) is 3.52. The van der Waals surface area contributed by atoms with E-state index in [0.29, 0.717) is 29.8 Å². The Hall–Kier alpha value is -2.77. The first-order chi connectivity index (χ1) is 11.9. The van der Waals surface area contributed by atoms with Crippen molar-refractivity contribution >= 4 is 11.9 Å². The molecule has 1 aromatic carbocycles. The fraction of sp³-hybridized carbons (Fsp3) is 0.412. The molecule has 3 rings (SSSR count). The number of carbonyl (C=O) groups is 2. The number of aromatic nitrogens is 2. The molecule has 1 fully saturated rings. The highest BCUT2D eigenvalue weighted by molar-refractivity contribution is 5.87. The van der Waals surface area contributed by atoms with Gasteiger partial charge < -0.3 is 14.9 Å². The van der Waals surface area contributed by atoms with Crippen molar-refractivity contribution in [3.05, 3.63) is 35.5 Å². The van der Waals surface area contributed by atoms with Gasteiger partial charge in [0.25, 0.3) is 0 Å². The maximum Gasteiger partial charge on any atom is 0.329 e. The van der Waals surface area contributed by atoms with Gasteiger partial charge in [0.1, 0.15) is 11.4 Å². The lowest BCUT2D eigenvalue weighted by molar-refractivity contribution is -0.151. The molecule has 25 heavy (non-hydrogen) atoms. The molecule has 0 atom stereocenters. The molecule has 2 N–H and O–H groups in total. The van der Waals surface area contributed by atoms with Crippen molar-refractivity contribution in [2.24, 2.45) is 0 Å². The summed E-state index contributed by atoms with van der Waals surface area (Å²) in [5, 5.41) is 15.6. The van der Waals surface area contributed by atoms with E-state index < -0.39 is 11.5 Å². The number of aliphatic carboxylic acids is 1. The number of carbonyl (C=O) groups excluding carboxylic acids is 1. The van der Waals surface area contributed by atoms with Crippen LogP contribution in [0.25, 0.3) is 11.4 Å². The lowest BCUT2D eigenvalue weighted by Crippen LogP contribution is -2.59. The van der Waals surface area contributed by atoms with Gasteiger partial charge in [0.2, 0.25) is 17.6 Å². The van der Waals surface area contributed by atoms with Crippen LogP contribution < -0.4 is 5.32 Å². The van der Waals surface area contributed by atoms with Gasteiger partial charge in [-0.15, -0.1) is 0 Å². The van der Waals surface area contributed by atoms with Crippen molar-refractivity contribution in [3.8, 4) is 11.4 Å². The summed E-state index contributed by atoms with van der Waals surface area (Å²) in [6.07, 6.45) is 1.94. The summed E-state index contributed by atoms with van der Waals surface area (Å²) in [6, 6.07) is 4.50. The van der Waals surface area contributed by atoms with Crippen molar-refractivity contribution in [2.75, 3.05) is 0 Å². The van der Waals surface area contributed by atoms with E-state index in [1.54, 1.807) is 19.1 Å². The van der Waals surface area contributed by atoms with Crippen LogP contribution in [0.1, 0.15) is 37.1 Å². The normalized spacial score (nSPS) is 15.4. The molecule has 1 saturated carbocycles. The van der Waals surface area contributed by atoms with Crippen LogP contribution in [-0.4, -0.2) is 32.7 Å². The fourth-order valence-electron chi connectivity index (χ4n) is 2.73. The standard InChI is InChI=1S/C17H18FN3O4/c1-10-9-11(3-4-12(10)18)15-19-14(25-21-15)6-5-13(22)20-17(16(23)24)7-2-8-17/h3-4,9H,2,5-8H2,1H3,(H,20,22)(H,23,24). The van der Waals surface area contributed by atoms with Gasteiger partial charge in [0, 0.05) is 18.4 Å². The molecule has 1 aliphatic rings. The Morgan fingerprint density at radius 3 is 2.76 bits per heavy atom. The number of carboxylic acids is 1. The predicted octanol–water partition coefficient (Wildman–Crippen LogP) is 2.24.